The summed E-state index contributed by atoms with van der Waals surface area (Å²) in [5.41, 5.74) is 4.62. The molecule has 0 fully saturated rings. The molecule has 0 bridgehead atoms. The third-order valence-electron chi connectivity index (χ3n) is 15.7. The third kappa shape index (κ3) is 16.7. The zero-order valence-electron chi connectivity index (χ0n) is 51.0. The predicted molar refractivity (Wildman–Crippen MR) is 340 cm³/mol. The first-order valence-electron chi connectivity index (χ1n) is 29.4. The number of carboxylic acids is 1. The number of carbonyl (C=O) groups excluding carboxylic acids is 2. The Morgan fingerprint density at radius 3 is 2.17 bits per heavy atom. The molecule has 2 aliphatic rings. The summed E-state index contributed by atoms with van der Waals surface area (Å²) in [4.78, 5) is 54.9. The van der Waals surface area contributed by atoms with E-state index in [9.17, 15) is 50.2 Å². The van der Waals surface area contributed by atoms with Crippen molar-refractivity contribution >= 4 is 72.5 Å². The number of aryl methyl sites for hydroxylation is 1. The Morgan fingerprint density at radius 2 is 1.47 bits per heavy atom. The minimum absolute atomic E-state index is 0.0116. The summed E-state index contributed by atoms with van der Waals surface area (Å²) in [6.07, 6.45) is 16.1. The van der Waals surface area contributed by atoms with Gasteiger partial charge >= 0.3 is 12.0 Å². The number of ether oxygens (including phenoxy) is 3. The number of anilines is 2. The highest BCUT2D eigenvalue weighted by molar-refractivity contribution is 7.86. The fourth-order valence-corrected chi connectivity index (χ4v) is 12.5. The van der Waals surface area contributed by atoms with Gasteiger partial charge in [0.05, 0.1) is 54.0 Å². The SMILES string of the molecule is CCOc1cccc([C@H](CC(=O)O)NC(=O)Nc2c(OCCCCCCNC(=O)CCCCCN3/C(=C/C=C/C=C/C4=[N+](C)c5ccc(S(=O)(=O)O)cc5C4(C)C)C(C)(C)c4cc(S(=O)(=O)O)ccc43)c(C)cn(Cc3c(Cl)cccc3OCC)c2=O)c1. The molecular formula is C65H80ClN6O14S2+. The Kier molecular flexibility index (Phi) is 22.7. The number of hydrogen-bond acceptors (Lipinski definition) is 12. The van der Waals surface area contributed by atoms with E-state index < -0.39 is 61.1 Å². The van der Waals surface area contributed by atoms with Gasteiger partial charge in [0, 0.05) is 76.4 Å². The number of aliphatic carboxylic acids is 1. The lowest BCUT2D eigenvalue weighted by molar-refractivity contribution is -0.401. The van der Waals surface area contributed by atoms with Crippen molar-refractivity contribution in [3.63, 3.8) is 0 Å². The number of urea groups is 1. The van der Waals surface area contributed by atoms with E-state index in [4.69, 9.17) is 25.8 Å². The maximum Gasteiger partial charge on any atom is 0.319 e. The lowest BCUT2D eigenvalue weighted by atomic mass is 9.81. The van der Waals surface area contributed by atoms with Crippen LogP contribution in [0.2, 0.25) is 5.02 Å². The topological polar surface area (TPSA) is 272 Å². The Bertz CT molecular complexity index is 3840. The number of hydrogen-bond donors (Lipinski definition) is 6. The number of nitrogens with zero attached hydrogens (tertiary/aromatic N) is 3. The normalized spacial score (nSPS) is 15.2. The quantitative estimate of drug-likeness (QED) is 0.0108. The molecule has 1 aromatic heterocycles. The van der Waals surface area contributed by atoms with E-state index in [1.165, 1.54) is 28.8 Å². The highest BCUT2D eigenvalue weighted by Gasteiger charge is 2.44. The molecule has 472 valence electrons. The minimum atomic E-state index is -4.47. The second-order valence-corrected chi connectivity index (χ2v) is 26.0. The van der Waals surface area contributed by atoms with Crippen LogP contribution < -0.4 is 40.6 Å². The van der Waals surface area contributed by atoms with E-state index in [1.807, 2.05) is 83.5 Å². The number of halogens is 1. The van der Waals surface area contributed by atoms with E-state index in [1.54, 1.807) is 67.7 Å². The zero-order valence-corrected chi connectivity index (χ0v) is 53.4. The molecule has 0 radical (unpaired) electrons. The van der Waals surface area contributed by atoms with Gasteiger partial charge in [-0.05, 0) is 132 Å². The number of benzene rings is 4. The van der Waals surface area contributed by atoms with Crippen LogP contribution in [0.25, 0.3) is 0 Å². The largest absolute Gasteiger partial charge is 0.494 e. The summed E-state index contributed by atoms with van der Waals surface area (Å²) < 4.78 is 89.0. The smallest absolute Gasteiger partial charge is 0.319 e. The number of carboxylic acid groups (broad SMARTS) is 1. The highest BCUT2D eigenvalue weighted by Crippen LogP contribution is 2.49. The molecule has 1 atom stereocenters. The molecule has 6 N–H and O–H groups in total. The zero-order chi connectivity index (χ0) is 64.1. The van der Waals surface area contributed by atoms with Crippen molar-refractivity contribution in [3.8, 4) is 17.2 Å². The van der Waals surface area contributed by atoms with Crippen molar-refractivity contribution in [2.75, 3.05) is 50.2 Å². The van der Waals surface area contributed by atoms with Crippen LogP contribution in [0, 0.1) is 6.92 Å². The number of allylic oxidation sites excluding steroid dienone is 6. The van der Waals surface area contributed by atoms with Gasteiger partial charge in [0.15, 0.2) is 17.1 Å². The van der Waals surface area contributed by atoms with Crippen molar-refractivity contribution in [2.45, 2.75) is 139 Å². The summed E-state index contributed by atoms with van der Waals surface area (Å²) in [6.45, 7) is 15.4. The van der Waals surface area contributed by atoms with Crippen LogP contribution >= 0.6 is 11.6 Å². The first kappa shape index (κ1) is 67.7. The van der Waals surface area contributed by atoms with Crippen LogP contribution in [-0.2, 0) is 47.2 Å². The van der Waals surface area contributed by atoms with Gasteiger partial charge in [-0.3, -0.25) is 23.5 Å². The Hall–Kier alpha value is -7.76. The maximum absolute atomic E-state index is 14.3. The van der Waals surface area contributed by atoms with Gasteiger partial charge in [-0.1, -0.05) is 81.1 Å². The molecule has 88 heavy (non-hydrogen) atoms. The van der Waals surface area contributed by atoms with Crippen LogP contribution in [0.15, 0.2) is 136 Å². The minimum Gasteiger partial charge on any atom is -0.494 e. The molecule has 7 rings (SSSR count). The van der Waals surface area contributed by atoms with Crippen molar-refractivity contribution in [3.05, 3.63) is 164 Å². The molecule has 3 heterocycles. The average molecular weight is 1270 g/mol. The highest BCUT2D eigenvalue weighted by atomic mass is 35.5. The second kappa shape index (κ2) is 29.5. The number of amides is 3. The second-order valence-electron chi connectivity index (χ2n) is 22.7. The van der Waals surface area contributed by atoms with Crippen LogP contribution in [0.1, 0.15) is 133 Å². The van der Waals surface area contributed by atoms with Crippen LogP contribution in [0.4, 0.5) is 21.9 Å². The van der Waals surface area contributed by atoms with Gasteiger partial charge < -0.3 is 44.7 Å². The molecule has 3 amide bonds. The van der Waals surface area contributed by atoms with E-state index in [0.717, 1.165) is 66.0 Å². The molecule has 23 heteroatoms. The third-order valence-corrected chi connectivity index (χ3v) is 17.8. The van der Waals surface area contributed by atoms with Crippen molar-refractivity contribution in [2.24, 2.45) is 0 Å². The number of rotatable bonds is 30. The van der Waals surface area contributed by atoms with E-state index >= 15 is 0 Å². The molecule has 0 spiro atoms. The number of pyridine rings is 1. The molecule has 0 saturated heterocycles. The van der Waals surface area contributed by atoms with E-state index in [-0.39, 0.29) is 40.3 Å². The standard InChI is InChI=1S/C65H79ClN6O14S2/c1-9-84-45-24-21-23-44(37-45)52(40-59(74)75)68-63(77)69-60-61(43(3)41-71(62(60)76)42-48-51(66)25-22-26-55(48)85-10-2)86-36-20-12-11-18-34-67-58(73)29-17-14-19-35-72-54-33-31-47(88(81,82)83)39-50(54)65(6,7)57(72)28-16-13-15-27-56-64(4,5)49-38-46(87(78,79)80)30-32-53(49)70(56)8/h13,15-16,21-28,30-33,37-39,41,52H,9-12,14,17-20,29,34-36,40,42H2,1-8H3,(H5-,67,68,69,73,74,75,77,78,79,80,81,82,83)/p+1/t52-/m0/s1. The Balaban J connectivity index is 0.913. The fourth-order valence-electron chi connectivity index (χ4n) is 11.3. The Morgan fingerprint density at radius 1 is 0.784 bits per heavy atom. The van der Waals surface area contributed by atoms with E-state index in [0.29, 0.717) is 78.8 Å². The molecule has 0 unspecified atom stereocenters. The molecule has 20 nitrogen and oxygen atoms in total. The summed E-state index contributed by atoms with van der Waals surface area (Å²) in [6, 6.07) is 19.3. The van der Waals surface area contributed by atoms with Crippen molar-refractivity contribution in [1.29, 1.82) is 0 Å². The first-order valence-corrected chi connectivity index (χ1v) is 32.7. The van der Waals surface area contributed by atoms with Crippen LogP contribution in [0.5, 0.6) is 17.2 Å². The van der Waals surface area contributed by atoms with Gasteiger partial charge in [0.1, 0.15) is 18.5 Å². The maximum atomic E-state index is 14.3. The monoisotopic (exact) mass is 1270 g/mol. The van der Waals surface area contributed by atoms with Gasteiger partial charge in [-0.25, -0.2) is 4.79 Å². The van der Waals surface area contributed by atoms with Crippen LogP contribution in [-0.4, -0.2) is 104 Å². The predicted octanol–water partition coefficient (Wildman–Crippen LogP) is 11.6. The van der Waals surface area contributed by atoms with Crippen molar-refractivity contribution in [1.82, 2.24) is 15.2 Å². The summed E-state index contributed by atoms with van der Waals surface area (Å²) in [5, 5.41) is 18.6. The fraction of sp³-hybridized carbons (Fsp3) is 0.400. The average Bonchev–Trinajstić information content (AvgIpc) is 1.98. The van der Waals surface area contributed by atoms with Crippen LogP contribution in [0.3, 0.4) is 0 Å². The number of fused-ring (bicyclic) bond motifs is 2. The first-order chi connectivity index (χ1) is 41.7. The lowest BCUT2D eigenvalue weighted by Crippen LogP contribution is -2.36. The molecule has 4 aromatic carbocycles. The molecule has 0 aliphatic carbocycles. The number of carbonyl (C=O) groups is 3. The Labute approximate surface area is 520 Å². The molecule has 5 aromatic rings. The van der Waals surface area contributed by atoms with Gasteiger partial charge in [0.25, 0.3) is 25.8 Å². The molecule has 0 saturated carbocycles. The summed E-state index contributed by atoms with van der Waals surface area (Å²) in [5.74, 6) is -0.0458. The van der Waals surface area contributed by atoms with Gasteiger partial charge in [-0.15, -0.1) is 0 Å². The molecular weight excluding hydrogens is 1190 g/mol. The molecule has 2 aliphatic heterocycles. The van der Waals surface area contributed by atoms with Gasteiger partial charge in [0.2, 0.25) is 11.6 Å². The number of aromatic nitrogens is 1. The number of unbranched alkanes of at least 4 members (excludes halogenated alkanes) is 5. The van der Waals surface area contributed by atoms with E-state index in [2.05, 4.69) is 20.9 Å². The summed E-state index contributed by atoms with van der Waals surface area (Å²) >= 11 is 6.62. The van der Waals surface area contributed by atoms with Crippen molar-refractivity contribution < 1.29 is 64.2 Å². The van der Waals surface area contributed by atoms with Gasteiger partial charge in [-0.2, -0.15) is 21.4 Å². The number of nitrogens with one attached hydrogen (secondary N) is 3. The lowest BCUT2D eigenvalue weighted by Gasteiger charge is -2.27. The summed E-state index contributed by atoms with van der Waals surface area (Å²) in [7, 11) is -6.95.